The number of methoxy groups -OCH3 is 1. The van der Waals surface area contributed by atoms with E-state index in [1.807, 2.05) is 30.3 Å². The number of hydrogen-bond donors (Lipinski definition) is 2. The van der Waals surface area contributed by atoms with Gasteiger partial charge in [0.25, 0.3) is 0 Å². The van der Waals surface area contributed by atoms with Gasteiger partial charge in [0.2, 0.25) is 5.91 Å². The highest BCUT2D eigenvalue weighted by atomic mass is 16.5. The van der Waals surface area contributed by atoms with Crippen LogP contribution in [0.3, 0.4) is 0 Å². The van der Waals surface area contributed by atoms with Crippen LogP contribution in [0.25, 0.3) is 21.8 Å². The summed E-state index contributed by atoms with van der Waals surface area (Å²) in [5, 5.41) is 8.06. The van der Waals surface area contributed by atoms with E-state index in [0.29, 0.717) is 12.8 Å². The Morgan fingerprint density at radius 2 is 1.79 bits per heavy atom. The van der Waals surface area contributed by atoms with Gasteiger partial charge in [0.15, 0.2) is 0 Å². The van der Waals surface area contributed by atoms with Gasteiger partial charge in [-0.1, -0.05) is 31.0 Å². The Bertz CT molecular complexity index is 1050. The molecular formula is C22H25N3O3. The minimum atomic E-state index is -0.903. The molecule has 2 aromatic carbocycles. The molecule has 28 heavy (non-hydrogen) atoms. The number of amides is 2. The van der Waals surface area contributed by atoms with Gasteiger partial charge in [-0.15, -0.1) is 0 Å². The molecule has 1 aliphatic rings. The van der Waals surface area contributed by atoms with Gasteiger partial charge >= 0.3 is 6.09 Å². The summed E-state index contributed by atoms with van der Waals surface area (Å²) in [4.78, 5) is 24.8. The van der Waals surface area contributed by atoms with Crippen LogP contribution in [0.5, 0.6) is 0 Å². The van der Waals surface area contributed by atoms with Crippen LogP contribution < -0.4 is 10.6 Å². The summed E-state index contributed by atoms with van der Waals surface area (Å²) in [6.45, 7) is 3.01. The molecule has 1 saturated carbocycles. The molecule has 2 amide bonds. The highest BCUT2D eigenvalue weighted by molar-refractivity contribution is 6.10. The van der Waals surface area contributed by atoms with E-state index in [9.17, 15) is 9.59 Å². The Hall–Kier alpha value is -3.02. The van der Waals surface area contributed by atoms with E-state index in [1.165, 1.54) is 18.0 Å². The Morgan fingerprint density at radius 1 is 1.07 bits per heavy atom. The third-order valence-electron chi connectivity index (χ3n) is 5.76. The molecule has 0 saturated heterocycles. The minimum absolute atomic E-state index is 0.186. The molecule has 146 valence electrons. The predicted molar refractivity (Wildman–Crippen MR) is 110 cm³/mol. The molecule has 0 atom stereocenters. The van der Waals surface area contributed by atoms with Crippen LogP contribution >= 0.6 is 0 Å². The molecule has 6 nitrogen and oxygen atoms in total. The number of anilines is 1. The maximum absolute atomic E-state index is 13.1. The number of rotatable bonds is 4. The molecule has 0 unspecified atom stereocenters. The fourth-order valence-electron chi connectivity index (χ4n) is 4.36. The summed E-state index contributed by atoms with van der Waals surface area (Å²) in [6.07, 6.45) is 2.47. The number of ether oxygens (including phenoxy) is 1. The first-order valence-electron chi connectivity index (χ1n) is 9.76. The van der Waals surface area contributed by atoms with Gasteiger partial charge in [-0.05, 0) is 44.0 Å². The zero-order valence-corrected chi connectivity index (χ0v) is 16.2. The van der Waals surface area contributed by atoms with Crippen LogP contribution in [-0.2, 0) is 16.1 Å². The molecule has 0 radical (unpaired) electrons. The third kappa shape index (κ3) is 2.99. The van der Waals surface area contributed by atoms with E-state index < -0.39 is 11.6 Å². The first-order chi connectivity index (χ1) is 13.6. The first kappa shape index (κ1) is 18.3. The molecule has 4 rings (SSSR count). The Morgan fingerprint density at radius 3 is 2.50 bits per heavy atom. The molecule has 0 aliphatic heterocycles. The van der Waals surface area contributed by atoms with Crippen molar-refractivity contribution in [1.82, 2.24) is 9.88 Å². The topological polar surface area (TPSA) is 72.4 Å². The number of benzene rings is 2. The number of hydrogen-bond acceptors (Lipinski definition) is 3. The molecule has 1 heterocycles. The zero-order chi connectivity index (χ0) is 19.7. The molecule has 2 N–H and O–H groups in total. The molecule has 1 fully saturated rings. The lowest BCUT2D eigenvalue weighted by Gasteiger charge is -2.28. The van der Waals surface area contributed by atoms with E-state index in [2.05, 4.69) is 34.3 Å². The molecule has 6 heteroatoms. The first-order valence-corrected chi connectivity index (χ1v) is 9.76. The summed E-state index contributed by atoms with van der Waals surface area (Å²) < 4.78 is 7.00. The van der Waals surface area contributed by atoms with Gasteiger partial charge in [0, 0.05) is 34.0 Å². The number of alkyl carbamates (subject to hydrolysis) is 1. The van der Waals surface area contributed by atoms with Crippen molar-refractivity contribution in [3.8, 4) is 0 Å². The lowest BCUT2D eigenvalue weighted by atomic mass is 9.96. The molecule has 1 aliphatic carbocycles. The second kappa shape index (κ2) is 7.19. The Balaban J connectivity index is 1.69. The number of fused-ring (bicyclic) bond motifs is 3. The smallest absolute Gasteiger partial charge is 0.407 e. The molecular weight excluding hydrogens is 354 g/mol. The average Bonchev–Trinajstić information content (AvgIpc) is 3.31. The lowest BCUT2D eigenvalue weighted by Crippen LogP contribution is -2.55. The van der Waals surface area contributed by atoms with Crippen molar-refractivity contribution < 1.29 is 14.3 Å². The summed E-state index contributed by atoms with van der Waals surface area (Å²) in [6, 6.07) is 14.3. The number of carbonyl (C=O) groups is 2. The number of nitrogens with zero attached hydrogens (tertiary/aromatic N) is 1. The maximum Gasteiger partial charge on any atom is 0.407 e. The van der Waals surface area contributed by atoms with Crippen molar-refractivity contribution in [3.05, 3.63) is 42.5 Å². The monoisotopic (exact) mass is 379 g/mol. The van der Waals surface area contributed by atoms with Crippen LogP contribution in [0.15, 0.2) is 42.5 Å². The fraction of sp³-hybridized carbons (Fsp3) is 0.364. The van der Waals surface area contributed by atoms with Crippen molar-refractivity contribution in [2.75, 3.05) is 12.4 Å². The van der Waals surface area contributed by atoms with E-state index in [4.69, 9.17) is 4.74 Å². The molecule has 0 spiro atoms. The molecule has 3 aromatic rings. The Kier molecular flexibility index (Phi) is 4.71. The van der Waals surface area contributed by atoms with Crippen LogP contribution in [0.1, 0.15) is 32.6 Å². The third-order valence-corrected chi connectivity index (χ3v) is 5.76. The van der Waals surface area contributed by atoms with Crippen LogP contribution in [-0.4, -0.2) is 29.2 Å². The standard InChI is InChI=1S/C22H25N3O3/c1-3-25-18-9-5-4-8-16(18)17-14-15(10-11-19(17)25)23-20(26)22(12-6-7-13-22)24-21(27)28-2/h4-5,8-11,14H,3,6-7,12-13H2,1-2H3,(H,23,26)(H,24,27). The van der Waals surface area contributed by atoms with E-state index in [0.717, 1.165) is 36.0 Å². The number of carbonyl (C=O) groups excluding carboxylic acids is 2. The van der Waals surface area contributed by atoms with Gasteiger partial charge in [0.05, 0.1) is 7.11 Å². The summed E-state index contributed by atoms with van der Waals surface area (Å²) in [5.74, 6) is -0.186. The fourth-order valence-corrected chi connectivity index (χ4v) is 4.36. The van der Waals surface area contributed by atoms with Gasteiger partial charge in [-0.2, -0.15) is 0 Å². The van der Waals surface area contributed by atoms with E-state index >= 15 is 0 Å². The summed E-state index contributed by atoms with van der Waals surface area (Å²) in [7, 11) is 1.31. The summed E-state index contributed by atoms with van der Waals surface area (Å²) in [5.41, 5.74) is 2.15. The van der Waals surface area contributed by atoms with E-state index in [1.54, 1.807) is 0 Å². The predicted octanol–water partition coefficient (Wildman–Crippen LogP) is 4.42. The normalized spacial score (nSPS) is 15.6. The number of aryl methyl sites for hydroxylation is 1. The highest BCUT2D eigenvalue weighted by Crippen LogP contribution is 2.33. The number of aromatic nitrogens is 1. The second-order valence-electron chi connectivity index (χ2n) is 7.35. The largest absolute Gasteiger partial charge is 0.453 e. The number of nitrogens with one attached hydrogen (secondary N) is 2. The minimum Gasteiger partial charge on any atom is -0.453 e. The molecule has 0 bridgehead atoms. The van der Waals surface area contributed by atoms with Crippen molar-refractivity contribution in [1.29, 1.82) is 0 Å². The SMILES string of the molecule is CCn1c2ccccc2c2cc(NC(=O)C3(NC(=O)OC)CCCC3)ccc21. The second-order valence-corrected chi connectivity index (χ2v) is 7.35. The van der Waals surface area contributed by atoms with Crippen LogP contribution in [0.4, 0.5) is 10.5 Å². The van der Waals surface area contributed by atoms with Crippen LogP contribution in [0, 0.1) is 0 Å². The maximum atomic E-state index is 13.1. The lowest BCUT2D eigenvalue weighted by molar-refractivity contribution is -0.122. The number of para-hydroxylation sites is 1. The Labute approximate surface area is 163 Å². The zero-order valence-electron chi connectivity index (χ0n) is 16.2. The van der Waals surface area contributed by atoms with Gasteiger partial charge in [-0.25, -0.2) is 4.79 Å². The van der Waals surface area contributed by atoms with Gasteiger partial charge in [-0.3, -0.25) is 4.79 Å². The van der Waals surface area contributed by atoms with Crippen molar-refractivity contribution in [2.45, 2.75) is 44.7 Å². The highest BCUT2D eigenvalue weighted by Gasteiger charge is 2.42. The van der Waals surface area contributed by atoms with Crippen LogP contribution in [0.2, 0.25) is 0 Å². The van der Waals surface area contributed by atoms with Gasteiger partial charge in [0.1, 0.15) is 5.54 Å². The van der Waals surface area contributed by atoms with Crippen molar-refractivity contribution in [3.63, 3.8) is 0 Å². The van der Waals surface area contributed by atoms with Crippen molar-refractivity contribution in [2.24, 2.45) is 0 Å². The van der Waals surface area contributed by atoms with E-state index in [-0.39, 0.29) is 5.91 Å². The summed E-state index contributed by atoms with van der Waals surface area (Å²) >= 11 is 0. The van der Waals surface area contributed by atoms with Gasteiger partial charge < -0.3 is 19.9 Å². The molecule has 1 aromatic heterocycles. The van der Waals surface area contributed by atoms with Crippen molar-refractivity contribution >= 4 is 39.5 Å². The quantitative estimate of drug-likeness (QED) is 0.705. The average molecular weight is 379 g/mol.